The molecule has 0 unspecified atom stereocenters. The molecule has 1 saturated carbocycles. The van der Waals surface area contributed by atoms with Gasteiger partial charge < -0.3 is 20.1 Å². The van der Waals surface area contributed by atoms with Crippen LogP contribution in [0, 0.1) is 5.41 Å². The highest BCUT2D eigenvalue weighted by Crippen LogP contribution is 2.28. The maximum Gasteiger partial charge on any atom is 0.430 e. The molecule has 0 atom stereocenters. The van der Waals surface area contributed by atoms with Gasteiger partial charge in [-0.25, -0.2) is 4.79 Å². The first-order chi connectivity index (χ1) is 16.2. The summed E-state index contributed by atoms with van der Waals surface area (Å²) in [5.41, 5.74) is 3.04. The third-order valence-electron chi connectivity index (χ3n) is 5.46. The molecule has 8 nitrogen and oxygen atoms in total. The van der Waals surface area contributed by atoms with Gasteiger partial charge in [-0.1, -0.05) is 12.1 Å². The van der Waals surface area contributed by atoms with Crippen molar-refractivity contribution in [2.75, 3.05) is 12.4 Å². The topological polar surface area (TPSA) is 118 Å². The first-order valence-electron chi connectivity index (χ1n) is 11.2. The highest BCUT2D eigenvalue weighted by molar-refractivity contribution is 6.42. The monoisotopic (exact) mass is 498 g/mol. The molecule has 11 heteroatoms. The number of halogens is 3. The van der Waals surface area contributed by atoms with Crippen molar-refractivity contribution in [3.8, 4) is 0 Å². The summed E-state index contributed by atoms with van der Waals surface area (Å²) in [6.07, 6.45) is -2.58. The number of nitrogens with one attached hydrogen (secondary N) is 2. The van der Waals surface area contributed by atoms with Crippen molar-refractivity contribution >= 4 is 23.4 Å². The summed E-state index contributed by atoms with van der Waals surface area (Å²) in [7, 11) is 1.61. The standard InChI is InChI=1S/C24H33F3N4O4/c1-23(2,3)35-22(33)30-16-7-5-6-15(12-16)14-31(17-8-10-18(34-4)11-9-17)21(32)19(28)13-20(29)24(25,26)27/h5-7,12-13,17-18,28H,8-11,14,29H2,1-4H3,(H,30,33). The summed E-state index contributed by atoms with van der Waals surface area (Å²) in [5.74, 6) is -0.858. The summed E-state index contributed by atoms with van der Waals surface area (Å²) in [4.78, 5) is 26.6. The van der Waals surface area contributed by atoms with Crippen LogP contribution in [0.5, 0.6) is 0 Å². The van der Waals surface area contributed by atoms with Gasteiger partial charge in [0.25, 0.3) is 5.91 Å². The van der Waals surface area contributed by atoms with E-state index in [0.29, 0.717) is 43.0 Å². The summed E-state index contributed by atoms with van der Waals surface area (Å²) < 4.78 is 49.1. The van der Waals surface area contributed by atoms with Crippen LogP contribution in [0.25, 0.3) is 0 Å². The minimum absolute atomic E-state index is 0.0349. The van der Waals surface area contributed by atoms with E-state index in [1.807, 2.05) is 0 Å². The molecule has 1 aliphatic carbocycles. The summed E-state index contributed by atoms with van der Waals surface area (Å²) in [6, 6.07) is 6.41. The van der Waals surface area contributed by atoms with Gasteiger partial charge in [-0.05, 0) is 70.2 Å². The van der Waals surface area contributed by atoms with Gasteiger partial charge in [-0.15, -0.1) is 0 Å². The molecule has 0 spiro atoms. The molecule has 2 rings (SSSR count). The molecule has 194 valence electrons. The van der Waals surface area contributed by atoms with Gasteiger partial charge in [-0.2, -0.15) is 13.2 Å². The van der Waals surface area contributed by atoms with Crippen molar-refractivity contribution < 1.29 is 32.2 Å². The number of hydrogen-bond donors (Lipinski definition) is 3. The molecule has 1 aromatic carbocycles. The molecule has 4 N–H and O–H groups in total. The van der Waals surface area contributed by atoms with Crippen molar-refractivity contribution in [2.24, 2.45) is 5.73 Å². The van der Waals surface area contributed by atoms with Crippen LogP contribution >= 0.6 is 0 Å². The normalized spacial score (nSPS) is 19.1. The number of benzene rings is 1. The van der Waals surface area contributed by atoms with Gasteiger partial charge in [0.1, 0.15) is 17.0 Å². The van der Waals surface area contributed by atoms with E-state index < -0.39 is 35.2 Å². The molecule has 2 amide bonds. The number of hydrogen-bond acceptors (Lipinski definition) is 6. The van der Waals surface area contributed by atoms with Gasteiger partial charge in [0.05, 0.1) is 6.10 Å². The Morgan fingerprint density at radius 1 is 1.20 bits per heavy atom. The molecule has 0 aliphatic heterocycles. The molecule has 1 fully saturated rings. The van der Waals surface area contributed by atoms with Gasteiger partial charge in [0.15, 0.2) is 0 Å². The van der Waals surface area contributed by atoms with Gasteiger partial charge in [0, 0.05) is 25.4 Å². The van der Waals surface area contributed by atoms with Crippen LogP contribution in [0.4, 0.5) is 23.7 Å². The van der Waals surface area contributed by atoms with E-state index in [2.05, 4.69) is 5.32 Å². The zero-order chi connectivity index (χ0) is 26.4. The number of carbonyl (C=O) groups excluding carboxylic acids is 2. The number of nitrogens with two attached hydrogens (primary N) is 1. The minimum Gasteiger partial charge on any atom is -0.444 e. The largest absolute Gasteiger partial charge is 0.444 e. The highest BCUT2D eigenvalue weighted by Gasteiger charge is 2.34. The van der Waals surface area contributed by atoms with E-state index >= 15 is 0 Å². The van der Waals surface area contributed by atoms with E-state index in [0.717, 1.165) is 0 Å². The number of ether oxygens (including phenoxy) is 2. The Bertz CT molecular complexity index is 949. The van der Waals surface area contributed by atoms with Crippen LogP contribution in [0.2, 0.25) is 0 Å². The zero-order valence-electron chi connectivity index (χ0n) is 20.4. The van der Waals surface area contributed by atoms with E-state index in [1.165, 1.54) is 4.90 Å². The van der Waals surface area contributed by atoms with Gasteiger partial charge in [0.2, 0.25) is 0 Å². The predicted octanol–water partition coefficient (Wildman–Crippen LogP) is 4.74. The Hall–Kier alpha value is -3.08. The number of carbonyl (C=O) groups is 2. The molecule has 0 aromatic heterocycles. The lowest BCUT2D eigenvalue weighted by Gasteiger charge is -2.36. The molecule has 0 saturated heterocycles. The number of nitrogens with zero attached hydrogens (tertiary/aromatic N) is 1. The smallest absolute Gasteiger partial charge is 0.430 e. The summed E-state index contributed by atoms with van der Waals surface area (Å²) in [5, 5.41) is 10.6. The highest BCUT2D eigenvalue weighted by atomic mass is 19.4. The Morgan fingerprint density at radius 2 is 1.83 bits per heavy atom. The number of anilines is 1. The van der Waals surface area contributed by atoms with E-state index in [-0.39, 0.29) is 18.7 Å². The molecule has 1 aliphatic rings. The molecule has 35 heavy (non-hydrogen) atoms. The molecule has 0 bridgehead atoms. The van der Waals surface area contributed by atoms with Crippen LogP contribution in [0.3, 0.4) is 0 Å². The Kier molecular flexibility index (Phi) is 9.31. The number of alkyl halides is 3. The van der Waals surface area contributed by atoms with Crippen LogP contribution < -0.4 is 11.1 Å². The number of methoxy groups -OCH3 is 1. The van der Waals surface area contributed by atoms with E-state index in [9.17, 15) is 22.8 Å². The third-order valence-corrected chi connectivity index (χ3v) is 5.46. The molecule has 1 aromatic rings. The number of amides is 2. The summed E-state index contributed by atoms with van der Waals surface area (Å²) in [6.45, 7) is 5.24. The van der Waals surface area contributed by atoms with Crippen molar-refractivity contribution in [3.05, 3.63) is 41.6 Å². The van der Waals surface area contributed by atoms with Crippen LogP contribution in [-0.2, 0) is 20.8 Å². The SMILES string of the molecule is COC1CCC(N(Cc2cccc(NC(=O)OC(C)(C)C)c2)C(=O)C(=N)C=C(N)C(F)(F)F)CC1. The maximum atomic E-state index is 13.1. The van der Waals surface area contributed by atoms with Crippen molar-refractivity contribution in [1.82, 2.24) is 4.90 Å². The second-order valence-corrected chi connectivity index (χ2v) is 9.44. The minimum atomic E-state index is -4.84. The fraction of sp³-hybridized carbons (Fsp3) is 0.542. The predicted molar refractivity (Wildman–Crippen MR) is 126 cm³/mol. The Labute approximate surface area is 203 Å². The van der Waals surface area contributed by atoms with E-state index in [4.69, 9.17) is 20.6 Å². The van der Waals surface area contributed by atoms with Crippen molar-refractivity contribution in [3.63, 3.8) is 0 Å². The van der Waals surface area contributed by atoms with Crippen molar-refractivity contribution in [1.29, 1.82) is 5.41 Å². The van der Waals surface area contributed by atoms with Crippen LogP contribution in [-0.4, -0.2) is 53.6 Å². The third kappa shape index (κ3) is 8.89. The van der Waals surface area contributed by atoms with Crippen LogP contribution in [0.15, 0.2) is 36.0 Å². The lowest BCUT2D eigenvalue weighted by Crippen LogP contribution is -2.45. The Morgan fingerprint density at radius 3 is 2.37 bits per heavy atom. The molecular formula is C24H33F3N4O4. The average Bonchev–Trinajstić information content (AvgIpc) is 2.75. The lowest BCUT2D eigenvalue weighted by molar-refractivity contribution is -0.128. The first-order valence-corrected chi connectivity index (χ1v) is 11.2. The van der Waals surface area contributed by atoms with Crippen molar-refractivity contribution in [2.45, 2.75) is 76.9 Å². The maximum absolute atomic E-state index is 13.1. The summed E-state index contributed by atoms with van der Waals surface area (Å²) >= 11 is 0. The van der Waals surface area contributed by atoms with Gasteiger partial charge in [-0.3, -0.25) is 15.5 Å². The molecule has 0 heterocycles. The zero-order valence-corrected chi connectivity index (χ0v) is 20.4. The van der Waals surface area contributed by atoms with Crippen LogP contribution in [0.1, 0.15) is 52.0 Å². The fourth-order valence-electron chi connectivity index (χ4n) is 3.78. The second kappa shape index (κ2) is 11.6. The Balaban J connectivity index is 2.25. The molecule has 0 radical (unpaired) electrons. The van der Waals surface area contributed by atoms with Gasteiger partial charge >= 0.3 is 12.3 Å². The number of rotatable bonds is 7. The quantitative estimate of drug-likeness (QED) is 0.469. The lowest BCUT2D eigenvalue weighted by atomic mass is 9.91. The second-order valence-electron chi connectivity index (χ2n) is 9.44. The average molecular weight is 499 g/mol. The molecular weight excluding hydrogens is 465 g/mol. The van der Waals surface area contributed by atoms with E-state index in [1.54, 1.807) is 52.1 Å². The first kappa shape index (κ1) is 28.2. The number of allylic oxidation sites excluding steroid dienone is 1. The fourth-order valence-corrected chi connectivity index (χ4v) is 3.78.